The topological polar surface area (TPSA) is 87.7 Å². The second kappa shape index (κ2) is 6.86. The van der Waals surface area contributed by atoms with Gasteiger partial charge >= 0.3 is 5.97 Å². The Balaban J connectivity index is 2.79. The van der Waals surface area contributed by atoms with Crippen molar-refractivity contribution in [1.29, 1.82) is 0 Å². The van der Waals surface area contributed by atoms with Crippen LogP contribution in [0.2, 0.25) is 0 Å². The summed E-state index contributed by atoms with van der Waals surface area (Å²) in [5.41, 5.74) is -0.609. The van der Waals surface area contributed by atoms with E-state index in [2.05, 4.69) is 10.6 Å². The number of carboxylic acid groups (broad SMARTS) is 1. The maximum absolute atomic E-state index is 12.4. The van der Waals surface area contributed by atoms with Gasteiger partial charge < -0.3 is 20.5 Å². The van der Waals surface area contributed by atoms with Crippen molar-refractivity contribution in [3.8, 4) is 0 Å². The van der Waals surface area contributed by atoms with Crippen LogP contribution < -0.4 is 10.6 Å². The number of rotatable bonds is 6. The molecule has 110 valence electrons. The third kappa shape index (κ3) is 3.91. The van der Waals surface area contributed by atoms with Crippen LogP contribution >= 0.6 is 0 Å². The predicted octanol–water partition coefficient (Wildman–Crippen LogP) is 0.228. The Morgan fingerprint density at radius 2 is 1.95 bits per heavy atom. The van der Waals surface area contributed by atoms with Gasteiger partial charge in [-0.3, -0.25) is 4.79 Å². The van der Waals surface area contributed by atoms with E-state index in [0.29, 0.717) is 19.4 Å². The molecule has 1 saturated heterocycles. The molecule has 0 aliphatic carbocycles. The van der Waals surface area contributed by atoms with Crippen LogP contribution in [0.1, 0.15) is 26.7 Å². The van der Waals surface area contributed by atoms with Crippen LogP contribution in [0.3, 0.4) is 0 Å². The number of methoxy groups -OCH3 is 1. The van der Waals surface area contributed by atoms with E-state index in [1.54, 1.807) is 21.0 Å². The third-order valence-corrected chi connectivity index (χ3v) is 3.68. The number of hydrogen-bond donors (Lipinski definition) is 3. The van der Waals surface area contributed by atoms with Crippen LogP contribution in [0.4, 0.5) is 0 Å². The van der Waals surface area contributed by atoms with Gasteiger partial charge in [0, 0.05) is 7.11 Å². The highest BCUT2D eigenvalue weighted by atomic mass is 16.5. The highest BCUT2D eigenvalue weighted by Crippen LogP contribution is 2.29. The Kier molecular flexibility index (Phi) is 5.75. The Morgan fingerprint density at radius 1 is 1.37 bits per heavy atom. The summed E-state index contributed by atoms with van der Waals surface area (Å²) in [7, 11) is 1.56. The molecule has 1 amide bonds. The zero-order valence-electron chi connectivity index (χ0n) is 11.9. The molecule has 3 N–H and O–H groups in total. The van der Waals surface area contributed by atoms with Crippen LogP contribution in [0.5, 0.6) is 0 Å². The molecule has 1 rings (SSSR count). The van der Waals surface area contributed by atoms with E-state index in [9.17, 15) is 9.59 Å². The number of carbonyl (C=O) groups excluding carboxylic acids is 1. The largest absolute Gasteiger partial charge is 0.480 e. The van der Waals surface area contributed by atoms with Crippen LogP contribution in [0.25, 0.3) is 0 Å². The number of aliphatic carboxylic acids is 1. The first kappa shape index (κ1) is 15.9. The van der Waals surface area contributed by atoms with Crippen LogP contribution in [-0.2, 0) is 14.3 Å². The molecule has 6 nitrogen and oxygen atoms in total. The van der Waals surface area contributed by atoms with Gasteiger partial charge in [0.05, 0.1) is 12.0 Å². The van der Waals surface area contributed by atoms with Gasteiger partial charge in [-0.15, -0.1) is 0 Å². The van der Waals surface area contributed by atoms with Crippen LogP contribution in [0.15, 0.2) is 0 Å². The highest BCUT2D eigenvalue weighted by molar-refractivity contribution is 5.87. The number of piperidine rings is 1. The smallest absolute Gasteiger partial charge is 0.326 e. The van der Waals surface area contributed by atoms with Crippen molar-refractivity contribution >= 4 is 11.9 Å². The Hall–Kier alpha value is -1.14. The van der Waals surface area contributed by atoms with Gasteiger partial charge in [0.2, 0.25) is 5.91 Å². The fraction of sp³-hybridized carbons (Fsp3) is 0.846. The molecule has 0 aromatic heterocycles. The predicted molar refractivity (Wildman–Crippen MR) is 70.8 cm³/mol. The van der Waals surface area contributed by atoms with Crippen LogP contribution in [-0.4, -0.2) is 49.8 Å². The standard InChI is InChI=1S/C13H24N2O4/c1-9(2)10(11(16)17)15-12(18)13(8-19-3)4-6-14-7-5-13/h9-10,14H,4-8H2,1-3H3,(H,15,18)(H,16,17)/t10-/m1/s1. The van der Waals surface area contributed by atoms with Gasteiger partial charge in [0.1, 0.15) is 6.04 Å². The van der Waals surface area contributed by atoms with Gasteiger partial charge in [-0.05, 0) is 31.8 Å². The molecule has 0 saturated carbocycles. The van der Waals surface area contributed by atoms with E-state index in [-0.39, 0.29) is 11.8 Å². The molecular weight excluding hydrogens is 248 g/mol. The first-order valence-corrected chi connectivity index (χ1v) is 6.66. The van der Waals surface area contributed by atoms with Crippen molar-refractivity contribution in [1.82, 2.24) is 10.6 Å². The lowest BCUT2D eigenvalue weighted by Crippen LogP contribution is -2.55. The van der Waals surface area contributed by atoms with Crippen molar-refractivity contribution < 1.29 is 19.4 Å². The molecule has 1 aliphatic heterocycles. The quantitative estimate of drug-likeness (QED) is 0.644. The molecule has 6 heteroatoms. The zero-order chi connectivity index (χ0) is 14.5. The summed E-state index contributed by atoms with van der Waals surface area (Å²) in [6, 6.07) is -0.851. The normalized spacial score (nSPS) is 20.0. The molecule has 1 heterocycles. The van der Waals surface area contributed by atoms with Crippen molar-refractivity contribution in [3.05, 3.63) is 0 Å². The van der Waals surface area contributed by atoms with Gasteiger partial charge in [0.25, 0.3) is 0 Å². The van der Waals surface area contributed by atoms with Crippen molar-refractivity contribution in [3.63, 3.8) is 0 Å². The Labute approximate surface area is 113 Å². The van der Waals surface area contributed by atoms with E-state index in [0.717, 1.165) is 13.1 Å². The number of carbonyl (C=O) groups is 2. The fourth-order valence-electron chi connectivity index (χ4n) is 2.43. The average Bonchev–Trinajstić information content (AvgIpc) is 2.36. The summed E-state index contributed by atoms with van der Waals surface area (Å²) in [6.45, 7) is 5.38. The van der Waals surface area contributed by atoms with E-state index >= 15 is 0 Å². The van der Waals surface area contributed by atoms with Gasteiger partial charge in [-0.25, -0.2) is 4.79 Å². The minimum Gasteiger partial charge on any atom is -0.480 e. The lowest BCUT2D eigenvalue weighted by molar-refractivity contribution is -0.147. The molecule has 1 aliphatic rings. The summed E-state index contributed by atoms with van der Waals surface area (Å²) in [5, 5.41) is 15.0. The monoisotopic (exact) mass is 272 g/mol. The number of nitrogens with one attached hydrogen (secondary N) is 2. The molecule has 0 bridgehead atoms. The summed E-state index contributed by atoms with van der Waals surface area (Å²) in [5.74, 6) is -1.36. The molecule has 19 heavy (non-hydrogen) atoms. The molecule has 1 atom stereocenters. The maximum atomic E-state index is 12.4. The number of carboxylic acids is 1. The minimum atomic E-state index is -0.996. The lowest BCUT2D eigenvalue weighted by atomic mass is 9.78. The maximum Gasteiger partial charge on any atom is 0.326 e. The van der Waals surface area contributed by atoms with Crippen molar-refractivity contribution in [2.75, 3.05) is 26.8 Å². The summed E-state index contributed by atoms with van der Waals surface area (Å²) < 4.78 is 5.17. The summed E-state index contributed by atoms with van der Waals surface area (Å²) in [6.07, 6.45) is 1.33. The van der Waals surface area contributed by atoms with E-state index in [1.807, 2.05) is 0 Å². The van der Waals surface area contributed by atoms with Crippen molar-refractivity contribution in [2.24, 2.45) is 11.3 Å². The SMILES string of the molecule is COCC1(C(=O)N[C@@H](C(=O)O)C(C)C)CCNCC1. The molecule has 0 spiro atoms. The van der Waals surface area contributed by atoms with E-state index in [4.69, 9.17) is 9.84 Å². The highest BCUT2D eigenvalue weighted by Gasteiger charge is 2.41. The second-order valence-corrected chi connectivity index (χ2v) is 5.50. The minimum absolute atomic E-state index is 0.150. The summed E-state index contributed by atoms with van der Waals surface area (Å²) >= 11 is 0. The molecule has 0 unspecified atom stereocenters. The molecule has 0 aromatic carbocycles. The first-order chi connectivity index (χ1) is 8.93. The van der Waals surface area contributed by atoms with Gasteiger partial charge in [-0.1, -0.05) is 13.8 Å². The molecule has 1 fully saturated rings. The zero-order valence-corrected chi connectivity index (χ0v) is 11.9. The lowest BCUT2D eigenvalue weighted by Gasteiger charge is -2.36. The number of ether oxygens (including phenoxy) is 1. The average molecular weight is 272 g/mol. The van der Waals surface area contributed by atoms with Crippen molar-refractivity contribution in [2.45, 2.75) is 32.7 Å². The second-order valence-electron chi connectivity index (χ2n) is 5.50. The van der Waals surface area contributed by atoms with E-state index < -0.39 is 17.4 Å². The number of amides is 1. The molecule has 0 radical (unpaired) electrons. The third-order valence-electron chi connectivity index (χ3n) is 3.68. The molecular formula is C13H24N2O4. The Morgan fingerprint density at radius 3 is 2.37 bits per heavy atom. The van der Waals surface area contributed by atoms with Gasteiger partial charge in [0.15, 0.2) is 0 Å². The van der Waals surface area contributed by atoms with E-state index in [1.165, 1.54) is 0 Å². The Bertz CT molecular complexity index is 319. The van der Waals surface area contributed by atoms with Gasteiger partial charge in [-0.2, -0.15) is 0 Å². The number of hydrogen-bond acceptors (Lipinski definition) is 4. The molecule has 0 aromatic rings. The first-order valence-electron chi connectivity index (χ1n) is 6.66. The summed E-state index contributed by atoms with van der Waals surface area (Å²) in [4.78, 5) is 23.6. The fourth-order valence-corrected chi connectivity index (χ4v) is 2.43. The van der Waals surface area contributed by atoms with Crippen LogP contribution in [0, 0.1) is 11.3 Å².